The third-order valence-corrected chi connectivity index (χ3v) is 4.23. The molecule has 0 atom stereocenters. The van der Waals surface area contributed by atoms with Crippen molar-refractivity contribution in [2.75, 3.05) is 0 Å². The number of nitro benzene ring substituents is 1. The van der Waals surface area contributed by atoms with E-state index < -0.39 is 4.92 Å². The Morgan fingerprint density at radius 2 is 2.23 bits per heavy atom. The van der Waals surface area contributed by atoms with Gasteiger partial charge in [0, 0.05) is 23.3 Å². The molecule has 22 heavy (non-hydrogen) atoms. The minimum atomic E-state index is -0.465. The summed E-state index contributed by atoms with van der Waals surface area (Å²) in [5, 5.41) is 19.2. The number of rotatable bonds is 3. The fraction of sp³-hybridized carbons (Fsp3) is 0. The number of benzene rings is 1. The molecule has 1 aliphatic rings. The van der Waals surface area contributed by atoms with Gasteiger partial charge < -0.3 is 4.98 Å². The summed E-state index contributed by atoms with van der Waals surface area (Å²) in [5.74, 6) is 0. The Labute approximate surface area is 133 Å². The molecule has 0 unspecified atom stereocenters. The highest BCUT2D eigenvalue weighted by Crippen LogP contribution is 2.23. The number of thiol groups is 1. The summed E-state index contributed by atoms with van der Waals surface area (Å²) >= 11 is 5.21. The van der Waals surface area contributed by atoms with Gasteiger partial charge in [0.1, 0.15) is 5.71 Å². The van der Waals surface area contributed by atoms with Gasteiger partial charge in [-0.05, 0) is 6.08 Å². The van der Waals surface area contributed by atoms with Gasteiger partial charge in [0.2, 0.25) is 0 Å². The number of hydrogen-bond donors (Lipinski definition) is 2. The molecule has 0 radical (unpaired) electrons. The van der Waals surface area contributed by atoms with E-state index in [2.05, 4.69) is 27.8 Å². The minimum absolute atomic E-state index is 0.0207. The number of H-pyrrole nitrogens is 1. The molecule has 3 rings (SSSR count). The van der Waals surface area contributed by atoms with Gasteiger partial charge in [-0.15, -0.1) is 17.7 Å². The molecule has 0 spiro atoms. The predicted octanol–water partition coefficient (Wildman–Crippen LogP) is 2.51. The van der Waals surface area contributed by atoms with Gasteiger partial charge in [-0.3, -0.25) is 14.9 Å². The molecule has 1 aromatic heterocycles. The Bertz CT molecular complexity index is 908. The second-order valence-corrected chi connectivity index (χ2v) is 5.79. The smallest absolute Gasteiger partial charge is 0.305 e. The number of non-ortho nitro benzene ring substituents is 1. The van der Waals surface area contributed by atoms with E-state index in [-0.39, 0.29) is 10.6 Å². The Morgan fingerprint density at radius 3 is 2.91 bits per heavy atom. The molecule has 1 aromatic carbocycles. The number of nitrogens with zero attached hydrogens (tertiary/aromatic N) is 3. The van der Waals surface area contributed by atoms with Crippen LogP contribution in [0.5, 0.6) is 0 Å². The molecule has 7 nitrogen and oxygen atoms in total. The van der Waals surface area contributed by atoms with Crippen LogP contribution < -0.4 is 4.87 Å². The highest BCUT2D eigenvalue weighted by molar-refractivity contribution is 7.80. The summed E-state index contributed by atoms with van der Waals surface area (Å²) in [4.78, 5) is 24.7. The molecule has 9 heteroatoms. The number of nitrogens with one attached hydrogen (secondary N) is 1. The molecule has 0 saturated carbocycles. The van der Waals surface area contributed by atoms with E-state index in [1.807, 2.05) is 0 Å². The van der Waals surface area contributed by atoms with Crippen molar-refractivity contribution < 1.29 is 4.92 Å². The number of aromatic amines is 1. The fourth-order valence-electron chi connectivity index (χ4n) is 1.94. The van der Waals surface area contributed by atoms with Gasteiger partial charge in [0.05, 0.1) is 21.0 Å². The van der Waals surface area contributed by atoms with Crippen molar-refractivity contribution >= 4 is 47.7 Å². The van der Waals surface area contributed by atoms with E-state index in [9.17, 15) is 14.9 Å². The van der Waals surface area contributed by atoms with Gasteiger partial charge in [-0.2, -0.15) is 5.10 Å². The number of aromatic nitrogens is 1. The molecule has 0 saturated heterocycles. The van der Waals surface area contributed by atoms with Crippen LogP contribution in [0, 0.1) is 10.1 Å². The SMILES string of the molecule is O=c1[nH]c(S)c(/C=C2\C=NN=C2c2cccc([N+](=O)[O-])c2)s1. The van der Waals surface area contributed by atoms with Crippen molar-refractivity contribution in [2.45, 2.75) is 5.03 Å². The summed E-state index contributed by atoms with van der Waals surface area (Å²) in [5.41, 5.74) is 1.73. The molecule has 0 fully saturated rings. The minimum Gasteiger partial charge on any atom is -0.307 e. The van der Waals surface area contributed by atoms with Crippen LogP contribution in [0.3, 0.4) is 0 Å². The molecule has 2 aromatic rings. The van der Waals surface area contributed by atoms with Crippen LogP contribution >= 0.6 is 24.0 Å². The molecule has 110 valence electrons. The standard InChI is InChI=1S/C13H8N4O3S2/c18-13-15-12(21)10(22-13)5-8-6-14-16-11(8)7-2-1-3-9(4-7)17(19)20/h1-6,21H,(H,15,18)/b8-5+. The van der Waals surface area contributed by atoms with Gasteiger partial charge in [0.25, 0.3) is 5.69 Å². The third kappa shape index (κ3) is 2.76. The molecule has 1 N–H and O–H groups in total. The van der Waals surface area contributed by atoms with E-state index in [1.165, 1.54) is 18.3 Å². The molecule has 1 aliphatic heterocycles. The Balaban J connectivity index is 2.01. The third-order valence-electron chi connectivity index (χ3n) is 2.90. The molecule has 0 aliphatic carbocycles. The summed E-state index contributed by atoms with van der Waals surface area (Å²) in [6.07, 6.45) is 3.25. The van der Waals surface area contributed by atoms with Crippen molar-refractivity contribution in [1.29, 1.82) is 0 Å². The average molecular weight is 332 g/mol. The lowest BCUT2D eigenvalue weighted by molar-refractivity contribution is -0.384. The second kappa shape index (κ2) is 5.70. The zero-order chi connectivity index (χ0) is 15.7. The maximum absolute atomic E-state index is 11.3. The van der Waals surface area contributed by atoms with Gasteiger partial charge in [-0.1, -0.05) is 23.5 Å². The quantitative estimate of drug-likeness (QED) is 0.513. The molecule has 0 amide bonds. The maximum atomic E-state index is 11.3. The largest absolute Gasteiger partial charge is 0.307 e. The van der Waals surface area contributed by atoms with Gasteiger partial charge in [-0.25, -0.2) is 0 Å². The Morgan fingerprint density at radius 1 is 1.41 bits per heavy atom. The topological polar surface area (TPSA) is 101 Å². The normalized spacial score (nSPS) is 15.3. The highest BCUT2D eigenvalue weighted by atomic mass is 32.1. The van der Waals surface area contributed by atoms with E-state index in [0.717, 1.165) is 11.3 Å². The first-order chi connectivity index (χ1) is 10.5. The van der Waals surface area contributed by atoms with E-state index in [1.54, 1.807) is 18.2 Å². The van der Waals surface area contributed by atoms with Crippen molar-refractivity contribution in [1.82, 2.24) is 4.98 Å². The fourth-order valence-corrected chi connectivity index (χ4v) is 3.00. The van der Waals surface area contributed by atoms with Crippen LogP contribution in [-0.4, -0.2) is 21.8 Å². The van der Waals surface area contributed by atoms with Crippen LogP contribution in [-0.2, 0) is 0 Å². The lowest BCUT2D eigenvalue weighted by Gasteiger charge is -2.02. The molecule has 0 bridgehead atoms. The lowest BCUT2D eigenvalue weighted by Crippen LogP contribution is -2.03. The summed E-state index contributed by atoms with van der Waals surface area (Å²) in [6.45, 7) is 0. The summed E-state index contributed by atoms with van der Waals surface area (Å²) < 4.78 is 0. The van der Waals surface area contributed by atoms with Crippen molar-refractivity contribution in [3.05, 3.63) is 60.1 Å². The van der Waals surface area contributed by atoms with Crippen LogP contribution in [0.1, 0.15) is 10.4 Å². The monoisotopic (exact) mass is 332 g/mol. The number of nitro groups is 1. The maximum Gasteiger partial charge on any atom is 0.305 e. The first-order valence-corrected chi connectivity index (χ1v) is 7.31. The number of thiazole rings is 1. The summed E-state index contributed by atoms with van der Waals surface area (Å²) in [7, 11) is 0. The van der Waals surface area contributed by atoms with E-state index >= 15 is 0 Å². The van der Waals surface area contributed by atoms with E-state index in [4.69, 9.17) is 0 Å². The van der Waals surface area contributed by atoms with Crippen LogP contribution in [0.4, 0.5) is 5.69 Å². The van der Waals surface area contributed by atoms with Gasteiger partial charge in [0.15, 0.2) is 0 Å². The Hall–Kier alpha value is -2.52. The van der Waals surface area contributed by atoms with Crippen molar-refractivity contribution in [3.8, 4) is 0 Å². The van der Waals surface area contributed by atoms with Gasteiger partial charge >= 0.3 is 4.87 Å². The van der Waals surface area contributed by atoms with Crippen LogP contribution in [0.25, 0.3) is 6.08 Å². The highest BCUT2D eigenvalue weighted by Gasteiger charge is 2.17. The van der Waals surface area contributed by atoms with Crippen LogP contribution in [0.15, 0.2) is 49.9 Å². The average Bonchev–Trinajstić information content (AvgIpc) is 3.06. The number of allylic oxidation sites excluding steroid dienone is 1. The van der Waals surface area contributed by atoms with Crippen LogP contribution in [0.2, 0.25) is 0 Å². The van der Waals surface area contributed by atoms with Crippen molar-refractivity contribution in [3.63, 3.8) is 0 Å². The Kier molecular flexibility index (Phi) is 3.73. The molecular weight excluding hydrogens is 324 g/mol. The zero-order valence-electron chi connectivity index (χ0n) is 10.9. The lowest BCUT2D eigenvalue weighted by atomic mass is 10.0. The zero-order valence-corrected chi connectivity index (χ0v) is 12.6. The predicted molar refractivity (Wildman–Crippen MR) is 88.3 cm³/mol. The first kappa shape index (κ1) is 14.4. The van der Waals surface area contributed by atoms with Crippen molar-refractivity contribution in [2.24, 2.45) is 10.2 Å². The molecular formula is C13H8N4O3S2. The molecule has 2 heterocycles. The summed E-state index contributed by atoms with van der Waals surface area (Å²) in [6, 6.07) is 6.15. The second-order valence-electron chi connectivity index (χ2n) is 4.33. The van der Waals surface area contributed by atoms with E-state index in [0.29, 0.717) is 26.8 Å². The first-order valence-electron chi connectivity index (χ1n) is 6.04. The number of hydrogen-bond acceptors (Lipinski definition) is 7.